The number of ether oxygens (including phenoxy) is 1. The predicted molar refractivity (Wildman–Crippen MR) is 122 cm³/mol. The van der Waals surface area contributed by atoms with E-state index < -0.39 is 21.7 Å². The lowest BCUT2D eigenvalue weighted by Gasteiger charge is -2.60. The summed E-state index contributed by atoms with van der Waals surface area (Å²) in [6.45, 7) is 17.2. The van der Waals surface area contributed by atoms with Crippen LogP contribution in [0, 0.1) is 0 Å². The number of cyclic esters (lactones) is 1. The molecule has 1 aromatic carbocycles. The Morgan fingerprint density at radius 3 is 2.14 bits per heavy atom. The van der Waals surface area contributed by atoms with Gasteiger partial charge < -0.3 is 9.64 Å². The number of β-lactam (4-membered cyclic amide) rings is 1. The highest BCUT2D eigenvalue weighted by Gasteiger charge is 2.64. The fourth-order valence-corrected chi connectivity index (χ4v) is 18.4. The molecule has 0 N–H and O–H groups in total. The van der Waals surface area contributed by atoms with Gasteiger partial charge in [0.1, 0.15) is 12.1 Å². The molecule has 2 aliphatic heterocycles. The fraction of sp³-hybridized carbons (Fsp3) is 0.636. The van der Waals surface area contributed by atoms with Gasteiger partial charge in [-0.05, 0) is 12.0 Å². The quantitative estimate of drug-likeness (QED) is 0.464. The minimum Gasteiger partial charge on any atom is -0.447 e. The van der Waals surface area contributed by atoms with Crippen LogP contribution in [0.3, 0.4) is 0 Å². The number of hydrogen-bond acceptors (Lipinski definition) is 3. The van der Waals surface area contributed by atoms with Crippen molar-refractivity contribution in [2.45, 2.75) is 75.9 Å². The van der Waals surface area contributed by atoms with Crippen molar-refractivity contribution in [2.75, 3.05) is 13.2 Å². The summed E-state index contributed by atoms with van der Waals surface area (Å²) in [6.07, 6.45) is 1.19. The Labute approximate surface area is 177 Å². The average molecular weight is 433 g/mol. The highest BCUT2D eigenvalue weighted by atomic mass is 28.4. The highest BCUT2D eigenvalue weighted by Crippen LogP contribution is 2.45. The molecule has 2 saturated heterocycles. The van der Waals surface area contributed by atoms with Gasteiger partial charge in [-0.2, -0.15) is 0 Å². The largest absolute Gasteiger partial charge is 0.447 e. The molecule has 2 amide bonds. The number of nitrogens with zero attached hydrogens (tertiary/aromatic N) is 2. The van der Waals surface area contributed by atoms with Crippen LogP contribution < -0.4 is 0 Å². The van der Waals surface area contributed by atoms with Crippen LogP contribution in [-0.4, -0.2) is 61.9 Å². The Morgan fingerprint density at radius 1 is 1.07 bits per heavy atom. The molecule has 5 nitrogen and oxygen atoms in total. The lowest BCUT2D eigenvalue weighted by molar-refractivity contribution is -0.163. The summed E-state index contributed by atoms with van der Waals surface area (Å²) in [5.41, 5.74) is 0.271. The smallest absolute Gasteiger partial charge is 0.411 e. The molecule has 0 spiro atoms. The van der Waals surface area contributed by atoms with Gasteiger partial charge in [0.2, 0.25) is 5.91 Å². The van der Waals surface area contributed by atoms with Crippen LogP contribution in [0.1, 0.15) is 31.4 Å². The van der Waals surface area contributed by atoms with Crippen molar-refractivity contribution in [2.24, 2.45) is 0 Å². The van der Waals surface area contributed by atoms with Crippen LogP contribution in [0.5, 0.6) is 0 Å². The Kier molecular flexibility index (Phi) is 5.77. The third-order valence-electron chi connectivity index (χ3n) is 6.23. The van der Waals surface area contributed by atoms with Crippen molar-refractivity contribution in [1.82, 2.24) is 9.80 Å². The molecule has 0 saturated carbocycles. The molecule has 0 unspecified atom stereocenters. The summed E-state index contributed by atoms with van der Waals surface area (Å²) in [4.78, 5) is 30.6. The Hall–Kier alpha value is -1.61. The van der Waals surface area contributed by atoms with Crippen molar-refractivity contribution >= 4 is 28.1 Å². The van der Waals surface area contributed by atoms with E-state index in [4.69, 9.17) is 4.74 Å². The van der Waals surface area contributed by atoms with Gasteiger partial charge in [0.05, 0.1) is 28.7 Å². The van der Waals surface area contributed by atoms with E-state index in [2.05, 4.69) is 51.1 Å². The van der Waals surface area contributed by atoms with E-state index in [1.807, 2.05) is 30.3 Å². The van der Waals surface area contributed by atoms with E-state index >= 15 is 0 Å². The van der Waals surface area contributed by atoms with Gasteiger partial charge in [0.25, 0.3) is 0 Å². The van der Waals surface area contributed by atoms with Crippen molar-refractivity contribution in [1.29, 1.82) is 0 Å². The minimum atomic E-state index is -1.59. The zero-order valence-corrected chi connectivity index (χ0v) is 21.0. The second kappa shape index (κ2) is 7.58. The highest BCUT2D eigenvalue weighted by molar-refractivity contribution is 6.96. The maximum Gasteiger partial charge on any atom is 0.411 e. The molecule has 0 bridgehead atoms. The molecule has 29 heavy (non-hydrogen) atoms. The number of likely N-dealkylation sites (tertiary alicyclic amines) is 1. The van der Waals surface area contributed by atoms with Gasteiger partial charge in [-0.3, -0.25) is 9.69 Å². The van der Waals surface area contributed by atoms with Crippen LogP contribution in [0.4, 0.5) is 4.79 Å². The molecule has 0 radical (unpaired) electrons. The molecule has 0 aliphatic carbocycles. The summed E-state index contributed by atoms with van der Waals surface area (Å²) >= 11 is 0. The maximum absolute atomic E-state index is 13.8. The summed E-state index contributed by atoms with van der Waals surface area (Å²) in [5.74, 6) is 0.133. The molecular weight excluding hydrogens is 396 g/mol. The monoisotopic (exact) mass is 432 g/mol. The zero-order valence-electron chi connectivity index (χ0n) is 19.0. The number of amides is 2. The van der Waals surface area contributed by atoms with Gasteiger partial charge in [-0.25, -0.2) is 4.79 Å². The van der Waals surface area contributed by atoms with Gasteiger partial charge in [-0.1, -0.05) is 83.0 Å². The van der Waals surface area contributed by atoms with Crippen LogP contribution in [0.2, 0.25) is 39.3 Å². The number of benzene rings is 1. The molecule has 2 atom stereocenters. The van der Waals surface area contributed by atoms with Crippen molar-refractivity contribution in [3.05, 3.63) is 35.9 Å². The second-order valence-corrected chi connectivity index (χ2v) is 21.9. The second-order valence-electron chi connectivity index (χ2n) is 10.7. The predicted octanol–water partition coefficient (Wildman–Crippen LogP) is 4.68. The molecule has 2 fully saturated rings. The topological polar surface area (TPSA) is 49.9 Å². The molecule has 2 aliphatic rings. The van der Waals surface area contributed by atoms with Gasteiger partial charge in [0.15, 0.2) is 0 Å². The molecule has 0 aromatic heterocycles. The average Bonchev–Trinajstić information content (AvgIpc) is 3.00. The van der Waals surface area contributed by atoms with E-state index in [1.165, 1.54) is 0 Å². The maximum atomic E-state index is 13.8. The first-order valence-corrected chi connectivity index (χ1v) is 17.9. The van der Waals surface area contributed by atoms with E-state index in [1.54, 1.807) is 4.90 Å². The molecule has 160 valence electrons. The van der Waals surface area contributed by atoms with Crippen molar-refractivity contribution in [3.63, 3.8) is 0 Å². The molecule has 7 heteroatoms. The minimum absolute atomic E-state index is 0.133. The SMILES string of the molecule is CCC[C@@]1(N2C(=O)OC[C@@H]2c2ccccc2)CN(C([Si](C)(C)C)[Si](C)(C)C)C1=O. The summed E-state index contributed by atoms with van der Waals surface area (Å²) in [5, 5.41) is 0.362. The Bertz CT molecular complexity index is 759. The third kappa shape index (κ3) is 3.79. The van der Waals surface area contributed by atoms with Gasteiger partial charge in [-0.15, -0.1) is 0 Å². The van der Waals surface area contributed by atoms with E-state index in [9.17, 15) is 9.59 Å². The number of carbonyl (C=O) groups is 2. The molecule has 2 heterocycles. The number of hydrogen-bond donors (Lipinski definition) is 0. The molecule has 1 aromatic rings. The lowest BCUT2D eigenvalue weighted by Crippen LogP contribution is -2.81. The first-order chi connectivity index (χ1) is 13.4. The lowest BCUT2D eigenvalue weighted by atomic mass is 9.81. The van der Waals surface area contributed by atoms with E-state index in [0.29, 0.717) is 24.9 Å². The van der Waals surface area contributed by atoms with Crippen molar-refractivity contribution in [3.8, 4) is 0 Å². The first-order valence-electron chi connectivity index (χ1n) is 10.8. The van der Waals surface area contributed by atoms with Crippen LogP contribution in [0.25, 0.3) is 0 Å². The summed E-state index contributed by atoms with van der Waals surface area (Å²) in [6, 6.07) is 9.77. The fourth-order valence-electron chi connectivity index (χ4n) is 5.75. The third-order valence-corrected chi connectivity index (χ3v) is 15.3. The van der Waals surface area contributed by atoms with Crippen LogP contribution in [0.15, 0.2) is 30.3 Å². The number of rotatable bonds is 7. The summed E-state index contributed by atoms with van der Waals surface area (Å²) < 4.78 is 5.47. The Balaban J connectivity index is 1.97. The van der Waals surface area contributed by atoms with Gasteiger partial charge >= 0.3 is 6.09 Å². The van der Waals surface area contributed by atoms with E-state index in [0.717, 1.165) is 12.0 Å². The van der Waals surface area contributed by atoms with Crippen molar-refractivity contribution < 1.29 is 14.3 Å². The van der Waals surface area contributed by atoms with Crippen LogP contribution in [-0.2, 0) is 9.53 Å². The van der Waals surface area contributed by atoms with E-state index in [-0.39, 0.29) is 18.0 Å². The first kappa shape index (κ1) is 22.1. The van der Waals surface area contributed by atoms with Crippen LogP contribution >= 0.6 is 0 Å². The Morgan fingerprint density at radius 2 is 1.66 bits per heavy atom. The molecular formula is C22H36N2O3Si2. The summed E-state index contributed by atoms with van der Waals surface area (Å²) in [7, 11) is -3.17. The normalized spacial score (nSPS) is 25.4. The number of carbonyl (C=O) groups excluding carboxylic acids is 2. The zero-order chi connectivity index (χ0) is 21.6. The molecule has 3 rings (SSSR count). The standard InChI is InChI=1S/C22H36N2O3Si2/c1-8-14-22(16-23(19(22)25)21(28(2,3)4)29(5,6)7)24-18(15-27-20(24)26)17-12-10-9-11-13-17/h9-13,18,21H,8,14-16H2,1-7H3/t18-,22-/m1/s1. The van der Waals surface area contributed by atoms with Gasteiger partial charge in [0, 0.05) is 5.29 Å².